The summed E-state index contributed by atoms with van der Waals surface area (Å²) in [7, 11) is 1.68. The fourth-order valence-electron chi connectivity index (χ4n) is 3.11. The Balaban J connectivity index is 0.00000243. The minimum Gasteiger partial charge on any atom is -0.491 e. The minimum absolute atomic E-state index is 0. The molecule has 2 aromatic rings. The number of benzene rings is 2. The van der Waals surface area contributed by atoms with Crippen LogP contribution in [0, 0.1) is 6.92 Å². The molecule has 1 atom stereocenters. The number of aryl methyl sites for hydroxylation is 1. The fourth-order valence-corrected chi connectivity index (χ4v) is 3.11. The molecule has 1 amide bonds. The first-order valence-corrected chi connectivity index (χ1v) is 8.15. The van der Waals surface area contributed by atoms with Crippen molar-refractivity contribution in [1.29, 1.82) is 0 Å². The number of hydrogen-bond donors (Lipinski definition) is 2. The SMILES string of the molecule is COC[C@H]1COc2cc(C(=O)NO)ccc2CN1c1ccccc1C.S. The zero-order valence-electron chi connectivity index (χ0n) is 14.9. The number of amides is 1. The molecule has 3 rings (SSSR count). The number of anilines is 1. The maximum atomic E-state index is 11.6. The van der Waals surface area contributed by atoms with Gasteiger partial charge in [0.2, 0.25) is 0 Å². The molecule has 0 aliphatic carbocycles. The van der Waals surface area contributed by atoms with Crippen molar-refractivity contribution in [2.75, 3.05) is 25.2 Å². The number of para-hydroxylation sites is 1. The molecule has 140 valence electrons. The van der Waals surface area contributed by atoms with Gasteiger partial charge in [0.05, 0.1) is 12.6 Å². The van der Waals surface area contributed by atoms with E-state index < -0.39 is 5.91 Å². The van der Waals surface area contributed by atoms with E-state index in [0.29, 0.717) is 31.1 Å². The van der Waals surface area contributed by atoms with E-state index in [9.17, 15) is 4.79 Å². The number of ether oxygens (including phenoxy) is 2. The van der Waals surface area contributed by atoms with E-state index in [-0.39, 0.29) is 19.5 Å². The number of hydroxylamine groups is 1. The standard InChI is InChI=1S/C19H22N2O4.H2S/c1-13-5-3-4-6-17(13)21-10-15-8-7-14(19(22)20-23)9-18(15)25-12-16(21)11-24-2;/h3-9,16,23H,10-12H2,1-2H3,(H,20,22);1H2/t16-;/m0./s1. The van der Waals surface area contributed by atoms with E-state index in [1.807, 2.05) is 18.2 Å². The molecule has 1 aliphatic heterocycles. The predicted molar refractivity (Wildman–Crippen MR) is 105 cm³/mol. The molecule has 0 bridgehead atoms. The van der Waals surface area contributed by atoms with E-state index in [1.165, 1.54) is 5.56 Å². The predicted octanol–water partition coefficient (Wildman–Crippen LogP) is 2.64. The fraction of sp³-hybridized carbons (Fsp3) is 0.316. The Morgan fingerprint density at radius 3 is 2.81 bits per heavy atom. The van der Waals surface area contributed by atoms with Gasteiger partial charge in [0.1, 0.15) is 12.4 Å². The van der Waals surface area contributed by atoms with Gasteiger partial charge in [0, 0.05) is 30.5 Å². The van der Waals surface area contributed by atoms with Gasteiger partial charge in [0.25, 0.3) is 5.91 Å². The normalized spacial score (nSPS) is 16.0. The Morgan fingerprint density at radius 2 is 2.12 bits per heavy atom. The lowest BCUT2D eigenvalue weighted by Crippen LogP contribution is -2.41. The molecule has 2 aromatic carbocycles. The van der Waals surface area contributed by atoms with Crippen LogP contribution in [0.3, 0.4) is 0 Å². The van der Waals surface area contributed by atoms with Crippen LogP contribution >= 0.6 is 13.5 Å². The summed E-state index contributed by atoms with van der Waals surface area (Å²) in [5.74, 6) is 0.0955. The summed E-state index contributed by atoms with van der Waals surface area (Å²) in [4.78, 5) is 13.9. The first-order chi connectivity index (χ1) is 12.1. The lowest BCUT2D eigenvalue weighted by molar-refractivity contribution is 0.0706. The van der Waals surface area contributed by atoms with Crippen LogP contribution in [0.1, 0.15) is 21.5 Å². The quantitative estimate of drug-likeness (QED) is 0.634. The molecule has 26 heavy (non-hydrogen) atoms. The van der Waals surface area contributed by atoms with Gasteiger partial charge in [-0.25, -0.2) is 5.48 Å². The molecular weight excluding hydrogens is 352 g/mol. The van der Waals surface area contributed by atoms with Crippen molar-refractivity contribution < 1.29 is 19.5 Å². The van der Waals surface area contributed by atoms with Gasteiger partial charge < -0.3 is 14.4 Å². The Kier molecular flexibility index (Phi) is 6.90. The Morgan fingerprint density at radius 1 is 1.35 bits per heavy atom. The zero-order valence-corrected chi connectivity index (χ0v) is 15.9. The Labute approximate surface area is 160 Å². The highest BCUT2D eigenvalue weighted by molar-refractivity contribution is 7.59. The number of hydrogen-bond acceptors (Lipinski definition) is 5. The number of nitrogens with one attached hydrogen (secondary N) is 1. The smallest absolute Gasteiger partial charge is 0.274 e. The maximum Gasteiger partial charge on any atom is 0.274 e. The monoisotopic (exact) mass is 376 g/mol. The second-order valence-corrected chi connectivity index (χ2v) is 6.10. The number of rotatable bonds is 4. The van der Waals surface area contributed by atoms with Crippen molar-refractivity contribution >= 4 is 25.1 Å². The van der Waals surface area contributed by atoms with E-state index in [1.54, 1.807) is 24.7 Å². The molecule has 0 unspecified atom stereocenters. The van der Waals surface area contributed by atoms with E-state index >= 15 is 0 Å². The highest BCUT2D eigenvalue weighted by atomic mass is 32.1. The summed E-state index contributed by atoms with van der Waals surface area (Å²) in [6, 6.07) is 13.5. The number of carbonyl (C=O) groups is 1. The molecule has 1 heterocycles. The third-order valence-corrected chi connectivity index (χ3v) is 4.43. The Bertz CT molecular complexity index is 769. The lowest BCUT2D eigenvalue weighted by atomic mass is 10.1. The summed E-state index contributed by atoms with van der Waals surface area (Å²) >= 11 is 0. The van der Waals surface area contributed by atoms with Crippen LogP contribution in [0.15, 0.2) is 42.5 Å². The first-order valence-electron chi connectivity index (χ1n) is 8.15. The summed E-state index contributed by atoms with van der Waals surface area (Å²) in [6.45, 7) is 3.71. The summed E-state index contributed by atoms with van der Waals surface area (Å²) < 4.78 is 11.3. The van der Waals surface area contributed by atoms with Gasteiger partial charge in [0.15, 0.2) is 0 Å². The van der Waals surface area contributed by atoms with E-state index in [2.05, 4.69) is 24.0 Å². The molecule has 6 nitrogen and oxygen atoms in total. The van der Waals surface area contributed by atoms with Crippen LogP contribution in [0.2, 0.25) is 0 Å². The van der Waals surface area contributed by atoms with Crippen LogP contribution in [0.4, 0.5) is 5.69 Å². The van der Waals surface area contributed by atoms with Crippen molar-refractivity contribution in [1.82, 2.24) is 5.48 Å². The van der Waals surface area contributed by atoms with Crippen LogP contribution in [-0.4, -0.2) is 37.5 Å². The minimum atomic E-state index is -0.556. The molecule has 1 aliphatic rings. The summed E-state index contributed by atoms with van der Waals surface area (Å²) in [5, 5.41) is 8.82. The third kappa shape index (κ3) is 4.12. The number of carbonyl (C=O) groups excluding carboxylic acids is 1. The Hall–Kier alpha value is -2.22. The van der Waals surface area contributed by atoms with E-state index in [4.69, 9.17) is 14.7 Å². The van der Waals surface area contributed by atoms with Gasteiger partial charge in [-0.1, -0.05) is 24.3 Å². The van der Waals surface area contributed by atoms with Gasteiger partial charge in [-0.2, -0.15) is 13.5 Å². The van der Waals surface area contributed by atoms with Gasteiger partial charge in [-0.05, 0) is 30.7 Å². The molecule has 2 N–H and O–H groups in total. The highest BCUT2D eigenvalue weighted by Crippen LogP contribution is 2.31. The van der Waals surface area contributed by atoms with Gasteiger partial charge in [-0.3, -0.25) is 10.0 Å². The van der Waals surface area contributed by atoms with Crippen LogP contribution < -0.4 is 15.1 Å². The molecule has 0 radical (unpaired) electrons. The van der Waals surface area contributed by atoms with Crippen LogP contribution in [-0.2, 0) is 11.3 Å². The molecule has 0 spiro atoms. The third-order valence-electron chi connectivity index (χ3n) is 4.43. The van der Waals surface area contributed by atoms with Crippen molar-refractivity contribution in [3.8, 4) is 5.75 Å². The number of methoxy groups -OCH3 is 1. The van der Waals surface area contributed by atoms with Crippen molar-refractivity contribution in [2.24, 2.45) is 0 Å². The second-order valence-electron chi connectivity index (χ2n) is 6.10. The summed E-state index contributed by atoms with van der Waals surface area (Å²) in [6.07, 6.45) is 0. The molecule has 0 fully saturated rings. The van der Waals surface area contributed by atoms with Crippen molar-refractivity contribution in [3.05, 3.63) is 59.2 Å². The highest BCUT2D eigenvalue weighted by Gasteiger charge is 2.26. The van der Waals surface area contributed by atoms with Crippen LogP contribution in [0.5, 0.6) is 5.75 Å². The summed E-state index contributed by atoms with van der Waals surface area (Å²) in [5.41, 5.74) is 5.31. The largest absolute Gasteiger partial charge is 0.491 e. The number of nitrogens with zero attached hydrogens (tertiary/aromatic N) is 1. The van der Waals surface area contributed by atoms with Gasteiger partial charge >= 0.3 is 0 Å². The van der Waals surface area contributed by atoms with E-state index in [0.717, 1.165) is 11.3 Å². The van der Waals surface area contributed by atoms with Gasteiger partial charge in [-0.15, -0.1) is 0 Å². The zero-order chi connectivity index (χ0) is 17.8. The lowest BCUT2D eigenvalue weighted by Gasteiger charge is -2.32. The maximum absolute atomic E-state index is 11.6. The van der Waals surface area contributed by atoms with Crippen LogP contribution in [0.25, 0.3) is 0 Å². The topological polar surface area (TPSA) is 71.0 Å². The molecule has 0 saturated heterocycles. The first kappa shape index (κ1) is 20.1. The second kappa shape index (κ2) is 8.93. The average molecular weight is 376 g/mol. The molecular formula is C19H24N2O4S. The average Bonchev–Trinajstić information content (AvgIpc) is 2.81. The molecule has 0 aromatic heterocycles. The molecule has 7 heteroatoms. The van der Waals surface area contributed by atoms with Crippen molar-refractivity contribution in [2.45, 2.75) is 19.5 Å². The number of fused-ring (bicyclic) bond motifs is 1. The van der Waals surface area contributed by atoms with Crippen molar-refractivity contribution in [3.63, 3.8) is 0 Å². The molecule has 0 saturated carbocycles.